The fourth-order valence-corrected chi connectivity index (χ4v) is 3.66. The third-order valence-corrected chi connectivity index (χ3v) is 5.20. The normalized spacial score (nSPS) is 13.3. The number of hydrazine groups is 1. The van der Waals surface area contributed by atoms with Crippen LogP contribution < -0.4 is 15.3 Å². The molecule has 0 saturated carbocycles. The molecule has 0 aliphatic carbocycles. The molecule has 2 amide bonds. The van der Waals surface area contributed by atoms with E-state index in [1.807, 2.05) is 89.9 Å². The summed E-state index contributed by atoms with van der Waals surface area (Å²) >= 11 is 0. The maximum atomic E-state index is 12.8. The molecule has 1 aliphatic heterocycles. The van der Waals surface area contributed by atoms with Crippen LogP contribution in [-0.2, 0) is 22.6 Å². The molecule has 5 heteroatoms. The average molecular weight is 399 g/mol. The smallest absolute Gasteiger partial charge is 0.242 e. The predicted molar refractivity (Wildman–Crippen MR) is 119 cm³/mol. The van der Waals surface area contributed by atoms with Gasteiger partial charge in [-0.3, -0.25) is 20.0 Å². The van der Waals surface area contributed by atoms with Crippen molar-refractivity contribution in [1.82, 2.24) is 5.43 Å². The largest absolute Gasteiger partial charge is 0.312 e. The Labute approximate surface area is 176 Å². The Morgan fingerprint density at radius 2 is 1.53 bits per heavy atom. The zero-order valence-electron chi connectivity index (χ0n) is 16.8. The molecule has 0 radical (unpaired) electrons. The molecule has 5 nitrogen and oxygen atoms in total. The van der Waals surface area contributed by atoms with E-state index in [9.17, 15) is 9.59 Å². The summed E-state index contributed by atoms with van der Waals surface area (Å²) in [6.07, 6.45) is 1.78. The van der Waals surface area contributed by atoms with Crippen molar-refractivity contribution in [3.8, 4) is 0 Å². The number of nitrogens with one attached hydrogen (secondary N) is 1. The minimum Gasteiger partial charge on any atom is -0.312 e. The van der Waals surface area contributed by atoms with Gasteiger partial charge in [0.15, 0.2) is 0 Å². The predicted octanol–water partition coefficient (Wildman–Crippen LogP) is 4.09. The van der Waals surface area contributed by atoms with Crippen LogP contribution in [-0.4, -0.2) is 18.4 Å². The lowest BCUT2D eigenvalue weighted by Gasteiger charge is -2.25. The molecule has 0 aromatic heterocycles. The third-order valence-electron chi connectivity index (χ3n) is 5.20. The quantitative estimate of drug-likeness (QED) is 0.609. The molecule has 3 aromatic rings. The average Bonchev–Trinajstić information content (AvgIpc) is 3.21. The van der Waals surface area contributed by atoms with Crippen LogP contribution in [0.3, 0.4) is 0 Å². The zero-order valence-corrected chi connectivity index (χ0v) is 16.8. The Morgan fingerprint density at radius 1 is 0.867 bits per heavy atom. The number of amides is 2. The maximum absolute atomic E-state index is 12.8. The standard InChI is InChI=1S/C25H25N3O2/c29-24(18-20-13-15-22(16-14-20)27-17-7-12-25(27)30)26-28(23-10-5-2-6-11-23)19-21-8-3-1-4-9-21/h1-6,8-11,13-16H,7,12,17-19H2,(H,26,29). The summed E-state index contributed by atoms with van der Waals surface area (Å²) in [6.45, 7) is 1.34. The van der Waals surface area contributed by atoms with Crippen molar-refractivity contribution >= 4 is 23.2 Å². The highest BCUT2D eigenvalue weighted by molar-refractivity contribution is 5.95. The van der Waals surface area contributed by atoms with E-state index in [-0.39, 0.29) is 18.2 Å². The highest BCUT2D eigenvalue weighted by Gasteiger charge is 2.21. The van der Waals surface area contributed by atoms with Gasteiger partial charge in [-0.25, -0.2) is 0 Å². The molecule has 0 bridgehead atoms. The minimum absolute atomic E-state index is 0.0835. The van der Waals surface area contributed by atoms with Crippen molar-refractivity contribution in [3.05, 3.63) is 96.1 Å². The first-order valence-electron chi connectivity index (χ1n) is 10.2. The molecule has 1 fully saturated rings. The van der Waals surface area contributed by atoms with Crippen LogP contribution >= 0.6 is 0 Å². The monoisotopic (exact) mass is 399 g/mol. The fourth-order valence-electron chi connectivity index (χ4n) is 3.66. The van der Waals surface area contributed by atoms with E-state index in [0.29, 0.717) is 13.0 Å². The highest BCUT2D eigenvalue weighted by atomic mass is 16.2. The van der Waals surface area contributed by atoms with Gasteiger partial charge in [0.25, 0.3) is 0 Å². The number of benzene rings is 3. The van der Waals surface area contributed by atoms with Gasteiger partial charge in [-0.15, -0.1) is 0 Å². The summed E-state index contributed by atoms with van der Waals surface area (Å²) in [5.74, 6) is 0.0830. The van der Waals surface area contributed by atoms with Crippen molar-refractivity contribution in [2.24, 2.45) is 0 Å². The van der Waals surface area contributed by atoms with Gasteiger partial charge in [-0.1, -0.05) is 60.7 Å². The van der Waals surface area contributed by atoms with Crippen molar-refractivity contribution in [1.29, 1.82) is 0 Å². The van der Waals surface area contributed by atoms with Gasteiger partial charge in [-0.2, -0.15) is 0 Å². The molecule has 1 N–H and O–H groups in total. The SMILES string of the molecule is O=C(Cc1ccc(N2CCCC2=O)cc1)NN(Cc1ccccc1)c1ccccc1. The van der Waals surface area contributed by atoms with E-state index in [1.54, 1.807) is 4.90 Å². The summed E-state index contributed by atoms with van der Waals surface area (Å²) < 4.78 is 0. The molecule has 152 valence electrons. The molecule has 3 aromatic carbocycles. The van der Waals surface area contributed by atoms with Crippen molar-refractivity contribution < 1.29 is 9.59 Å². The van der Waals surface area contributed by atoms with Crippen LogP contribution in [0.2, 0.25) is 0 Å². The van der Waals surface area contributed by atoms with Crippen LogP contribution in [0.4, 0.5) is 11.4 Å². The van der Waals surface area contributed by atoms with Gasteiger partial charge < -0.3 is 4.90 Å². The Bertz CT molecular complexity index is 988. The second-order valence-electron chi connectivity index (χ2n) is 7.43. The summed E-state index contributed by atoms with van der Waals surface area (Å²) in [5, 5.41) is 1.87. The first kappa shape index (κ1) is 19.7. The molecule has 1 aliphatic rings. The van der Waals surface area contributed by atoms with E-state index in [2.05, 4.69) is 5.43 Å². The Balaban J connectivity index is 1.43. The van der Waals surface area contributed by atoms with Gasteiger partial charge >= 0.3 is 0 Å². The number of nitrogens with zero attached hydrogens (tertiary/aromatic N) is 2. The fraction of sp³-hybridized carbons (Fsp3) is 0.200. The number of rotatable bonds is 7. The summed E-state index contributed by atoms with van der Waals surface area (Å²) in [7, 11) is 0. The number of hydrogen-bond acceptors (Lipinski definition) is 3. The lowest BCUT2D eigenvalue weighted by molar-refractivity contribution is -0.120. The number of para-hydroxylation sites is 1. The van der Waals surface area contributed by atoms with Crippen LogP contribution in [0.15, 0.2) is 84.9 Å². The minimum atomic E-state index is -0.0835. The molecule has 0 unspecified atom stereocenters. The number of hydrogen-bond donors (Lipinski definition) is 1. The molecule has 30 heavy (non-hydrogen) atoms. The van der Waals surface area contributed by atoms with Crippen molar-refractivity contribution in [2.45, 2.75) is 25.8 Å². The maximum Gasteiger partial charge on any atom is 0.242 e. The van der Waals surface area contributed by atoms with Crippen LogP contribution in [0.25, 0.3) is 0 Å². The Morgan fingerprint density at radius 3 is 2.17 bits per heavy atom. The van der Waals surface area contributed by atoms with E-state index < -0.39 is 0 Å². The third kappa shape index (κ3) is 4.87. The molecule has 1 heterocycles. The van der Waals surface area contributed by atoms with Gasteiger partial charge in [0.2, 0.25) is 11.8 Å². The van der Waals surface area contributed by atoms with Gasteiger partial charge in [-0.05, 0) is 41.8 Å². The summed E-state index contributed by atoms with van der Waals surface area (Å²) in [4.78, 5) is 26.5. The zero-order chi connectivity index (χ0) is 20.8. The van der Waals surface area contributed by atoms with Crippen LogP contribution in [0.5, 0.6) is 0 Å². The second-order valence-corrected chi connectivity index (χ2v) is 7.43. The van der Waals surface area contributed by atoms with E-state index in [4.69, 9.17) is 0 Å². The molecular weight excluding hydrogens is 374 g/mol. The van der Waals surface area contributed by atoms with Crippen molar-refractivity contribution in [3.63, 3.8) is 0 Å². The number of carbonyl (C=O) groups is 2. The Kier molecular flexibility index (Phi) is 6.09. The van der Waals surface area contributed by atoms with Crippen molar-refractivity contribution in [2.75, 3.05) is 16.5 Å². The first-order valence-corrected chi connectivity index (χ1v) is 10.2. The van der Waals surface area contributed by atoms with Gasteiger partial charge in [0, 0.05) is 18.7 Å². The lowest BCUT2D eigenvalue weighted by atomic mass is 10.1. The van der Waals surface area contributed by atoms with Crippen LogP contribution in [0.1, 0.15) is 24.0 Å². The summed E-state index contributed by atoms with van der Waals surface area (Å²) in [6, 6.07) is 27.6. The molecular formula is C25H25N3O2. The van der Waals surface area contributed by atoms with Gasteiger partial charge in [0.1, 0.15) is 0 Å². The van der Waals surface area contributed by atoms with Gasteiger partial charge in [0.05, 0.1) is 18.7 Å². The molecule has 0 spiro atoms. The van der Waals surface area contributed by atoms with Crippen LogP contribution in [0, 0.1) is 0 Å². The first-order chi connectivity index (χ1) is 14.7. The van der Waals surface area contributed by atoms with E-state index in [1.165, 1.54) is 0 Å². The number of carbonyl (C=O) groups excluding carboxylic acids is 2. The highest BCUT2D eigenvalue weighted by Crippen LogP contribution is 2.22. The molecule has 0 atom stereocenters. The number of anilines is 2. The molecule has 1 saturated heterocycles. The topological polar surface area (TPSA) is 52.7 Å². The lowest BCUT2D eigenvalue weighted by Crippen LogP contribution is -2.42. The summed E-state index contributed by atoms with van der Waals surface area (Å²) in [5.41, 5.74) is 6.89. The second kappa shape index (κ2) is 9.27. The Hall–Kier alpha value is -3.60. The van der Waals surface area contributed by atoms with E-state index >= 15 is 0 Å². The van der Waals surface area contributed by atoms with E-state index in [0.717, 1.165) is 35.5 Å². The molecule has 4 rings (SSSR count).